The molecule has 0 spiro atoms. The Morgan fingerprint density at radius 1 is 1.08 bits per heavy atom. The van der Waals surface area contributed by atoms with Gasteiger partial charge in [-0.15, -0.1) is 0 Å². The SMILES string of the molecule is Cc1nn(-c2ccccc2)c(C)c1NC(=O)CNc1cc(Cl)cc(Cl)c1. The Morgan fingerprint density at radius 3 is 2.38 bits per heavy atom. The Bertz CT molecular complexity index is 918. The first-order chi connectivity index (χ1) is 12.4. The van der Waals surface area contributed by atoms with Crippen molar-refractivity contribution in [2.75, 3.05) is 17.2 Å². The molecule has 2 N–H and O–H groups in total. The van der Waals surface area contributed by atoms with Gasteiger partial charge < -0.3 is 10.6 Å². The highest BCUT2D eigenvalue weighted by Crippen LogP contribution is 2.24. The van der Waals surface area contributed by atoms with Gasteiger partial charge in [0.15, 0.2) is 0 Å². The van der Waals surface area contributed by atoms with E-state index in [1.54, 1.807) is 18.2 Å². The lowest BCUT2D eigenvalue weighted by molar-refractivity contribution is -0.114. The first-order valence-corrected chi connectivity index (χ1v) is 8.81. The number of aromatic nitrogens is 2. The van der Waals surface area contributed by atoms with Gasteiger partial charge in [-0.2, -0.15) is 5.10 Å². The topological polar surface area (TPSA) is 59.0 Å². The molecule has 2 aromatic carbocycles. The van der Waals surface area contributed by atoms with Crippen LogP contribution < -0.4 is 10.6 Å². The normalized spacial score (nSPS) is 10.6. The summed E-state index contributed by atoms with van der Waals surface area (Å²) in [5.74, 6) is -0.181. The van der Waals surface area contributed by atoms with Crippen LogP contribution in [0.15, 0.2) is 48.5 Å². The predicted molar refractivity (Wildman–Crippen MR) is 107 cm³/mol. The monoisotopic (exact) mass is 388 g/mol. The summed E-state index contributed by atoms with van der Waals surface area (Å²) in [4.78, 5) is 12.3. The zero-order valence-electron chi connectivity index (χ0n) is 14.4. The molecule has 3 rings (SSSR count). The third-order valence-electron chi connectivity index (χ3n) is 3.87. The summed E-state index contributed by atoms with van der Waals surface area (Å²) in [6, 6.07) is 14.8. The molecule has 1 heterocycles. The van der Waals surface area contributed by atoms with E-state index in [-0.39, 0.29) is 12.5 Å². The number of benzene rings is 2. The predicted octanol–water partition coefficient (Wildman–Crippen LogP) is 4.85. The number of carbonyl (C=O) groups excluding carboxylic acids is 1. The fourth-order valence-corrected chi connectivity index (χ4v) is 3.19. The lowest BCUT2D eigenvalue weighted by Gasteiger charge is -2.09. The number of aryl methyl sites for hydroxylation is 1. The lowest BCUT2D eigenvalue weighted by Crippen LogP contribution is -2.22. The number of anilines is 2. The summed E-state index contributed by atoms with van der Waals surface area (Å²) in [5.41, 5.74) is 3.97. The number of nitrogens with zero attached hydrogens (tertiary/aromatic N) is 2. The standard InChI is InChI=1S/C19H18Cl2N4O/c1-12-19(13(2)25(24-12)17-6-4-3-5-7-17)23-18(26)11-22-16-9-14(20)8-15(21)10-16/h3-10,22H,11H2,1-2H3,(H,23,26). The molecule has 0 unspecified atom stereocenters. The van der Waals surface area contributed by atoms with Gasteiger partial charge in [-0.1, -0.05) is 41.4 Å². The summed E-state index contributed by atoms with van der Waals surface area (Å²) in [5, 5.41) is 11.5. The molecule has 0 saturated carbocycles. The van der Waals surface area contributed by atoms with Gasteiger partial charge in [0.25, 0.3) is 0 Å². The molecule has 0 bridgehead atoms. The van der Waals surface area contributed by atoms with E-state index in [1.165, 1.54) is 0 Å². The van der Waals surface area contributed by atoms with Crippen LogP contribution in [0.1, 0.15) is 11.4 Å². The molecule has 1 amide bonds. The fourth-order valence-electron chi connectivity index (χ4n) is 2.67. The minimum atomic E-state index is -0.181. The maximum atomic E-state index is 12.3. The second kappa shape index (κ2) is 7.81. The first kappa shape index (κ1) is 18.3. The molecular formula is C19H18Cl2N4O. The summed E-state index contributed by atoms with van der Waals surface area (Å²) in [6.07, 6.45) is 0. The third kappa shape index (κ3) is 4.18. The van der Waals surface area contributed by atoms with Crippen molar-refractivity contribution in [3.63, 3.8) is 0 Å². The molecule has 26 heavy (non-hydrogen) atoms. The van der Waals surface area contributed by atoms with Crippen LogP contribution in [0.5, 0.6) is 0 Å². The van der Waals surface area contributed by atoms with Crippen LogP contribution in [-0.2, 0) is 4.79 Å². The molecule has 0 radical (unpaired) electrons. The molecule has 0 aliphatic rings. The van der Waals surface area contributed by atoms with Crippen LogP contribution in [0.3, 0.4) is 0 Å². The zero-order chi connectivity index (χ0) is 18.7. The minimum absolute atomic E-state index is 0.0894. The highest BCUT2D eigenvalue weighted by Gasteiger charge is 2.15. The zero-order valence-corrected chi connectivity index (χ0v) is 15.9. The van der Waals surface area contributed by atoms with E-state index in [1.807, 2.05) is 48.9 Å². The van der Waals surface area contributed by atoms with Crippen molar-refractivity contribution in [2.45, 2.75) is 13.8 Å². The van der Waals surface area contributed by atoms with E-state index < -0.39 is 0 Å². The molecule has 0 aliphatic carbocycles. The molecule has 1 aromatic heterocycles. The third-order valence-corrected chi connectivity index (χ3v) is 4.31. The van der Waals surface area contributed by atoms with Crippen molar-refractivity contribution in [3.8, 4) is 5.69 Å². The first-order valence-electron chi connectivity index (χ1n) is 8.05. The van der Waals surface area contributed by atoms with E-state index in [4.69, 9.17) is 23.2 Å². The average Bonchev–Trinajstić information content (AvgIpc) is 2.88. The van der Waals surface area contributed by atoms with Gasteiger partial charge in [-0.25, -0.2) is 4.68 Å². The van der Waals surface area contributed by atoms with Gasteiger partial charge in [-0.3, -0.25) is 4.79 Å². The molecule has 134 valence electrons. The number of nitrogens with one attached hydrogen (secondary N) is 2. The van der Waals surface area contributed by atoms with Gasteiger partial charge in [0.05, 0.1) is 29.3 Å². The summed E-state index contributed by atoms with van der Waals surface area (Å²) >= 11 is 11.9. The molecular weight excluding hydrogens is 371 g/mol. The minimum Gasteiger partial charge on any atom is -0.376 e. The molecule has 0 atom stereocenters. The Balaban J connectivity index is 1.71. The average molecular weight is 389 g/mol. The van der Waals surface area contributed by atoms with Crippen molar-refractivity contribution in [1.82, 2.24) is 9.78 Å². The van der Waals surface area contributed by atoms with Gasteiger partial charge in [0.1, 0.15) is 0 Å². The van der Waals surface area contributed by atoms with Crippen LogP contribution in [0.25, 0.3) is 5.69 Å². The highest BCUT2D eigenvalue weighted by molar-refractivity contribution is 6.35. The van der Waals surface area contributed by atoms with Crippen molar-refractivity contribution in [3.05, 3.63) is 70.0 Å². The number of hydrogen-bond donors (Lipinski definition) is 2. The molecule has 0 saturated heterocycles. The van der Waals surface area contributed by atoms with E-state index >= 15 is 0 Å². The van der Waals surface area contributed by atoms with Gasteiger partial charge in [-0.05, 0) is 44.2 Å². The summed E-state index contributed by atoms with van der Waals surface area (Å²) < 4.78 is 1.81. The number of rotatable bonds is 5. The molecule has 0 aliphatic heterocycles. The van der Waals surface area contributed by atoms with E-state index in [0.717, 1.165) is 17.1 Å². The molecule has 3 aromatic rings. The second-order valence-corrected chi connectivity index (χ2v) is 6.73. The number of para-hydroxylation sites is 1. The molecule has 7 heteroatoms. The lowest BCUT2D eigenvalue weighted by atomic mass is 10.3. The Kier molecular flexibility index (Phi) is 5.49. The largest absolute Gasteiger partial charge is 0.376 e. The van der Waals surface area contributed by atoms with Crippen LogP contribution in [0.4, 0.5) is 11.4 Å². The van der Waals surface area contributed by atoms with Crippen LogP contribution in [-0.4, -0.2) is 22.2 Å². The van der Waals surface area contributed by atoms with Crippen LogP contribution >= 0.6 is 23.2 Å². The van der Waals surface area contributed by atoms with E-state index in [2.05, 4.69) is 15.7 Å². The number of carbonyl (C=O) groups is 1. The maximum Gasteiger partial charge on any atom is 0.243 e. The van der Waals surface area contributed by atoms with Crippen molar-refractivity contribution < 1.29 is 4.79 Å². The van der Waals surface area contributed by atoms with Crippen molar-refractivity contribution in [2.24, 2.45) is 0 Å². The van der Waals surface area contributed by atoms with Crippen LogP contribution in [0.2, 0.25) is 10.0 Å². The second-order valence-electron chi connectivity index (χ2n) is 5.85. The number of hydrogen-bond acceptors (Lipinski definition) is 3. The van der Waals surface area contributed by atoms with Gasteiger partial charge in [0.2, 0.25) is 5.91 Å². The molecule has 5 nitrogen and oxygen atoms in total. The number of amides is 1. The highest BCUT2D eigenvalue weighted by atomic mass is 35.5. The van der Waals surface area contributed by atoms with E-state index in [0.29, 0.717) is 21.4 Å². The van der Waals surface area contributed by atoms with Gasteiger partial charge in [0, 0.05) is 15.7 Å². The summed E-state index contributed by atoms with van der Waals surface area (Å²) in [7, 11) is 0. The van der Waals surface area contributed by atoms with Crippen molar-refractivity contribution in [1.29, 1.82) is 0 Å². The Labute approximate surface area is 161 Å². The fraction of sp³-hybridized carbons (Fsp3) is 0.158. The maximum absolute atomic E-state index is 12.3. The summed E-state index contributed by atoms with van der Waals surface area (Å²) in [6.45, 7) is 3.88. The van der Waals surface area contributed by atoms with E-state index in [9.17, 15) is 4.79 Å². The van der Waals surface area contributed by atoms with Crippen molar-refractivity contribution >= 4 is 40.5 Å². The smallest absolute Gasteiger partial charge is 0.243 e. The van der Waals surface area contributed by atoms with Gasteiger partial charge >= 0.3 is 0 Å². The number of halogens is 2. The Hall–Kier alpha value is -2.50. The van der Waals surface area contributed by atoms with Crippen LogP contribution in [0, 0.1) is 13.8 Å². The quantitative estimate of drug-likeness (QED) is 0.656. The Morgan fingerprint density at radius 2 is 1.73 bits per heavy atom. The molecule has 0 fully saturated rings.